The Morgan fingerprint density at radius 2 is 2.36 bits per heavy atom. The van der Waals surface area contributed by atoms with Gasteiger partial charge in [-0.1, -0.05) is 17.7 Å². The van der Waals surface area contributed by atoms with Crippen molar-refractivity contribution in [1.82, 2.24) is 5.32 Å². The van der Waals surface area contributed by atoms with Crippen molar-refractivity contribution < 1.29 is 4.74 Å². The summed E-state index contributed by atoms with van der Waals surface area (Å²) < 4.78 is 5.19. The van der Waals surface area contributed by atoms with Crippen LogP contribution in [0.2, 0.25) is 5.02 Å². The molecule has 3 heteroatoms. The predicted molar refractivity (Wildman–Crippen MR) is 58.0 cm³/mol. The Hall–Kier alpha value is -0.730. The lowest BCUT2D eigenvalue weighted by Crippen LogP contribution is -2.12. The van der Waals surface area contributed by atoms with Crippen molar-refractivity contribution in [3.8, 4) is 5.75 Å². The van der Waals surface area contributed by atoms with Crippen LogP contribution in [0.25, 0.3) is 0 Å². The van der Waals surface area contributed by atoms with Gasteiger partial charge in [-0.2, -0.15) is 0 Å². The standard InChI is InChI=1S/C11H14ClNO/c1-14-11-7-8(4-5-9(11)12)10-3-2-6-13-10/h4-5,7,10,13H,2-3,6H2,1H3. The van der Waals surface area contributed by atoms with Crippen LogP contribution in [0.15, 0.2) is 18.2 Å². The largest absolute Gasteiger partial charge is 0.495 e. The molecule has 1 atom stereocenters. The summed E-state index contributed by atoms with van der Waals surface area (Å²) in [6.45, 7) is 1.11. The zero-order valence-electron chi connectivity index (χ0n) is 8.22. The molecule has 2 nitrogen and oxygen atoms in total. The van der Waals surface area contributed by atoms with Crippen LogP contribution in [0.4, 0.5) is 0 Å². The molecule has 1 fully saturated rings. The van der Waals surface area contributed by atoms with E-state index in [0.717, 1.165) is 12.3 Å². The summed E-state index contributed by atoms with van der Waals surface area (Å²) in [6, 6.07) is 6.45. The Morgan fingerprint density at radius 3 is 3.00 bits per heavy atom. The van der Waals surface area contributed by atoms with Crippen molar-refractivity contribution in [2.75, 3.05) is 13.7 Å². The predicted octanol–water partition coefficient (Wildman–Crippen LogP) is 2.77. The van der Waals surface area contributed by atoms with E-state index >= 15 is 0 Å². The molecule has 0 radical (unpaired) electrons. The van der Waals surface area contributed by atoms with Gasteiger partial charge in [0, 0.05) is 6.04 Å². The van der Waals surface area contributed by atoms with Gasteiger partial charge in [-0.25, -0.2) is 0 Å². The smallest absolute Gasteiger partial charge is 0.137 e. The Morgan fingerprint density at radius 1 is 1.50 bits per heavy atom. The number of hydrogen-bond acceptors (Lipinski definition) is 2. The fraction of sp³-hybridized carbons (Fsp3) is 0.455. The molecule has 76 valence electrons. The molecule has 1 aromatic carbocycles. The lowest BCUT2D eigenvalue weighted by molar-refractivity contribution is 0.413. The number of methoxy groups -OCH3 is 1. The lowest BCUT2D eigenvalue weighted by Gasteiger charge is -2.12. The third-order valence-corrected chi connectivity index (χ3v) is 2.95. The number of nitrogens with one attached hydrogen (secondary N) is 1. The van der Waals surface area contributed by atoms with E-state index in [9.17, 15) is 0 Å². The average Bonchev–Trinajstić information content (AvgIpc) is 2.71. The van der Waals surface area contributed by atoms with Gasteiger partial charge in [0.05, 0.1) is 12.1 Å². The molecule has 0 saturated carbocycles. The number of benzene rings is 1. The zero-order chi connectivity index (χ0) is 9.97. The number of ether oxygens (including phenoxy) is 1. The molecule has 1 aliphatic rings. The quantitative estimate of drug-likeness (QED) is 0.813. The Balaban J connectivity index is 2.25. The van der Waals surface area contributed by atoms with E-state index in [0.29, 0.717) is 11.1 Å². The van der Waals surface area contributed by atoms with E-state index in [1.807, 2.05) is 12.1 Å². The molecule has 1 heterocycles. The maximum Gasteiger partial charge on any atom is 0.137 e. The van der Waals surface area contributed by atoms with Gasteiger partial charge in [0.1, 0.15) is 5.75 Å². The van der Waals surface area contributed by atoms with E-state index < -0.39 is 0 Å². The Kier molecular flexibility index (Phi) is 2.94. The molecule has 1 N–H and O–H groups in total. The highest BCUT2D eigenvalue weighted by molar-refractivity contribution is 6.32. The number of halogens is 1. The van der Waals surface area contributed by atoms with E-state index in [4.69, 9.17) is 16.3 Å². The molecule has 1 aromatic rings. The zero-order valence-corrected chi connectivity index (χ0v) is 8.97. The second-order valence-electron chi connectivity index (χ2n) is 3.54. The molecule has 14 heavy (non-hydrogen) atoms. The average molecular weight is 212 g/mol. The molecule has 0 aliphatic carbocycles. The van der Waals surface area contributed by atoms with Crippen LogP contribution >= 0.6 is 11.6 Å². The highest BCUT2D eigenvalue weighted by atomic mass is 35.5. The third kappa shape index (κ3) is 1.86. The summed E-state index contributed by atoms with van der Waals surface area (Å²) in [7, 11) is 1.65. The molecular formula is C11H14ClNO. The first-order chi connectivity index (χ1) is 6.81. The van der Waals surface area contributed by atoms with Crippen molar-refractivity contribution in [2.45, 2.75) is 18.9 Å². The summed E-state index contributed by atoms with van der Waals surface area (Å²) in [5.41, 5.74) is 1.27. The first-order valence-corrected chi connectivity index (χ1v) is 5.26. The monoisotopic (exact) mass is 211 g/mol. The van der Waals surface area contributed by atoms with Gasteiger partial charge >= 0.3 is 0 Å². The molecule has 0 spiro atoms. The van der Waals surface area contributed by atoms with E-state index in [1.165, 1.54) is 18.4 Å². The van der Waals surface area contributed by atoms with Crippen molar-refractivity contribution in [3.63, 3.8) is 0 Å². The topological polar surface area (TPSA) is 21.3 Å². The first-order valence-electron chi connectivity index (χ1n) is 4.88. The minimum absolute atomic E-state index is 0.473. The number of rotatable bonds is 2. The molecule has 1 saturated heterocycles. The van der Waals surface area contributed by atoms with Crippen LogP contribution in [0.1, 0.15) is 24.4 Å². The van der Waals surface area contributed by atoms with Crippen LogP contribution in [0.3, 0.4) is 0 Å². The normalized spacial score (nSPS) is 21.1. The third-order valence-electron chi connectivity index (χ3n) is 2.64. The van der Waals surface area contributed by atoms with Gasteiger partial charge in [0.25, 0.3) is 0 Å². The van der Waals surface area contributed by atoms with Crippen molar-refractivity contribution in [1.29, 1.82) is 0 Å². The molecule has 0 amide bonds. The van der Waals surface area contributed by atoms with Crippen LogP contribution in [0, 0.1) is 0 Å². The summed E-state index contributed by atoms with van der Waals surface area (Å²) in [5.74, 6) is 0.762. The number of hydrogen-bond donors (Lipinski definition) is 1. The maximum atomic E-state index is 5.96. The van der Waals surface area contributed by atoms with E-state index in [1.54, 1.807) is 7.11 Å². The molecule has 2 rings (SSSR count). The Labute approximate surface area is 89.2 Å². The van der Waals surface area contributed by atoms with Gasteiger partial charge < -0.3 is 10.1 Å². The van der Waals surface area contributed by atoms with Gasteiger partial charge in [-0.05, 0) is 37.1 Å². The highest BCUT2D eigenvalue weighted by Crippen LogP contribution is 2.30. The fourth-order valence-corrected chi connectivity index (χ4v) is 2.06. The maximum absolute atomic E-state index is 5.96. The molecular weight excluding hydrogens is 198 g/mol. The van der Waals surface area contributed by atoms with Crippen LogP contribution in [0.5, 0.6) is 5.75 Å². The van der Waals surface area contributed by atoms with Gasteiger partial charge in [0.15, 0.2) is 0 Å². The van der Waals surface area contributed by atoms with Gasteiger partial charge in [-0.15, -0.1) is 0 Å². The van der Waals surface area contributed by atoms with Crippen LogP contribution < -0.4 is 10.1 Å². The molecule has 0 aromatic heterocycles. The molecule has 0 bridgehead atoms. The minimum Gasteiger partial charge on any atom is -0.495 e. The fourth-order valence-electron chi connectivity index (χ4n) is 1.86. The van der Waals surface area contributed by atoms with Crippen molar-refractivity contribution in [2.24, 2.45) is 0 Å². The second-order valence-corrected chi connectivity index (χ2v) is 3.95. The van der Waals surface area contributed by atoms with E-state index in [2.05, 4.69) is 11.4 Å². The summed E-state index contributed by atoms with van der Waals surface area (Å²) in [4.78, 5) is 0. The van der Waals surface area contributed by atoms with Gasteiger partial charge in [0.2, 0.25) is 0 Å². The van der Waals surface area contributed by atoms with Gasteiger partial charge in [-0.3, -0.25) is 0 Å². The minimum atomic E-state index is 0.473. The molecule has 1 unspecified atom stereocenters. The summed E-state index contributed by atoms with van der Waals surface area (Å²) >= 11 is 5.96. The lowest BCUT2D eigenvalue weighted by atomic mass is 10.1. The van der Waals surface area contributed by atoms with Crippen molar-refractivity contribution >= 4 is 11.6 Å². The van der Waals surface area contributed by atoms with Crippen molar-refractivity contribution in [3.05, 3.63) is 28.8 Å². The Bertz CT molecular complexity index is 321. The van der Waals surface area contributed by atoms with Crippen LogP contribution in [-0.4, -0.2) is 13.7 Å². The highest BCUT2D eigenvalue weighted by Gasteiger charge is 2.16. The van der Waals surface area contributed by atoms with Crippen LogP contribution in [-0.2, 0) is 0 Å². The summed E-state index contributed by atoms with van der Waals surface area (Å²) in [5, 5.41) is 4.12. The first kappa shape index (κ1) is 9.81. The van der Waals surface area contributed by atoms with E-state index in [-0.39, 0.29) is 0 Å². The summed E-state index contributed by atoms with van der Waals surface area (Å²) in [6.07, 6.45) is 2.44. The second kappa shape index (κ2) is 4.20. The SMILES string of the molecule is COc1cc(C2CCCN2)ccc1Cl. The molecule has 1 aliphatic heterocycles.